The van der Waals surface area contributed by atoms with Crippen molar-refractivity contribution in [2.75, 3.05) is 38.2 Å². The van der Waals surface area contributed by atoms with Gasteiger partial charge in [0, 0.05) is 38.4 Å². The largest absolute Gasteiger partial charge is 0.504 e. The van der Waals surface area contributed by atoms with Crippen LogP contribution in [0.4, 0.5) is 18.9 Å². The van der Waals surface area contributed by atoms with Crippen LogP contribution in [0, 0.1) is 0 Å². The van der Waals surface area contributed by atoms with Crippen molar-refractivity contribution in [3.05, 3.63) is 52.5 Å². The molecule has 1 N–H and O–H groups in total. The molecule has 0 radical (unpaired) electrons. The summed E-state index contributed by atoms with van der Waals surface area (Å²) in [6.07, 6.45) is -4.47. The van der Waals surface area contributed by atoms with Crippen LogP contribution < -0.4 is 9.64 Å². The molecule has 1 aliphatic heterocycles. The Morgan fingerprint density at radius 3 is 2.41 bits per heavy atom. The number of aromatic hydroxyl groups is 1. The van der Waals surface area contributed by atoms with Crippen LogP contribution in [-0.2, 0) is 12.7 Å². The number of piperazine rings is 1. The molecule has 0 spiro atoms. The number of halogens is 4. The summed E-state index contributed by atoms with van der Waals surface area (Å²) < 4.78 is 44.3. The van der Waals surface area contributed by atoms with E-state index >= 15 is 0 Å². The zero-order valence-corrected chi connectivity index (χ0v) is 15.5. The predicted molar refractivity (Wildman–Crippen MR) is 98.6 cm³/mol. The molecule has 1 heterocycles. The molecule has 0 amide bonds. The molecule has 0 aromatic heterocycles. The van der Waals surface area contributed by atoms with E-state index in [1.165, 1.54) is 13.2 Å². The van der Waals surface area contributed by atoms with Crippen LogP contribution in [0.2, 0.25) is 5.02 Å². The number of hydrogen-bond acceptors (Lipinski definition) is 4. The number of rotatable bonds is 4. The molecule has 1 aliphatic rings. The molecule has 0 bridgehead atoms. The fraction of sp³-hybridized carbons (Fsp3) is 0.368. The van der Waals surface area contributed by atoms with E-state index in [1.807, 2.05) is 11.0 Å². The first-order chi connectivity index (χ1) is 12.8. The number of methoxy groups -OCH3 is 1. The van der Waals surface area contributed by atoms with Crippen LogP contribution in [0.5, 0.6) is 11.5 Å². The molecule has 0 saturated carbocycles. The molecule has 0 aliphatic carbocycles. The molecule has 2 aromatic rings. The van der Waals surface area contributed by atoms with E-state index in [1.54, 1.807) is 18.2 Å². The van der Waals surface area contributed by atoms with Gasteiger partial charge in [-0.05, 0) is 35.9 Å². The highest BCUT2D eigenvalue weighted by molar-refractivity contribution is 6.31. The summed E-state index contributed by atoms with van der Waals surface area (Å²) in [7, 11) is 1.50. The second-order valence-corrected chi connectivity index (χ2v) is 6.84. The third-order valence-electron chi connectivity index (χ3n) is 4.64. The van der Waals surface area contributed by atoms with Crippen molar-refractivity contribution >= 4 is 17.3 Å². The number of ether oxygens (including phenoxy) is 1. The predicted octanol–water partition coefficient (Wildman–Crippen LogP) is 4.40. The first-order valence-corrected chi connectivity index (χ1v) is 8.85. The van der Waals surface area contributed by atoms with E-state index in [-0.39, 0.29) is 10.8 Å². The highest BCUT2D eigenvalue weighted by Gasteiger charge is 2.34. The minimum absolute atomic E-state index is 0.0919. The van der Waals surface area contributed by atoms with E-state index < -0.39 is 11.7 Å². The number of anilines is 1. The van der Waals surface area contributed by atoms with E-state index in [2.05, 4.69) is 4.90 Å². The Hall–Kier alpha value is -2.12. The molecule has 0 unspecified atom stereocenters. The van der Waals surface area contributed by atoms with Gasteiger partial charge in [0.1, 0.15) is 0 Å². The van der Waals surface area contributed by atoms with Gasteiger partial charge in [-0.3, -0.25) is 4.90 Å². The topological polar surface area (TPSA) is 35.9 Å². The monoisotopic (exact) mass is 400 g/mol. The van der Waals surface area contributed by atoms with Gasteiger partial charge in [-0.25, -0.2) is 0 Å². The van der Waals surface area contributed by atoms with E-state index in [0.29, 0.717) is 44.2 Å². The fourth-order valence-corrected chi connectivity index (χ4v) is 3.39. The molecular weight excluding hydrogens is 381 g/mol. The van der Waals surface area contributed by atoms with Crippen LogP contribution in [0.15, 0.2) is 36.4 Å². The molecule has 27 heavy (non-hydrogen) atoms. The second-order valence-electron chi connectivity index (χ2n) is 6.43. The van der Waals surface area contributed by atoms with Gasteiger partial charge in [0.15, 0.2) is 11.5 Å². The van der Waals surface area contributed by atoms with Gasteiger partial charge in [0.25, 0.3) is 0 Å². The van der Waals surface area contributed by atoms with Crippen molar-refractivity contribution in [1.29, 1.82) is 0 Å². The molecule has 8 heteroatoms. The number of alkyl halides is 3. The van der Waals surface area contributed by atoms with Gasteiger partial charge in [-0.1, -0.05) is 17.7 Å². The number of benzene rings is 2. The minimum Gasteiger partial charge on any atom is -0.504 e. The van der Waals surface area contributed by atoms with E-state index in [9.17, 15) is 18.3 Å². The lowest BCUT2D eigenvalue weighted by Crippen LogP contribution is -2.46. The Labute approximate surface area is 160 Å². The average Bonchev–Trinajstić information content (AvgIpc) is 2.63. The summed E-state index contributed by atoms with van der Waals surface area (Å²) >= 11 is 5.69. The summed E-state index contributed by atoms with van der Waals surface area (Å²) in [5, 5.41) is 9.38. The maximum Gasteiger partial charge on any atom is 0.417 e. The van der Waals surface area contributed by atoms with Crippen molar-refractivity contribution in [2.24, 2.45) is 0 Å². The van der Waals surface area contributed by atoms with Gasteiger partial charge in [-0.2, -0.15) is 13.2 Å². The zero-order chi connectivity index (χ0) is 19.6. The summed E-state index contributed by atoms with van der Waals surface area (Å²) in [5.74, 6) is 0.515. The maximum absolute atomic E-state index is 13.1. The molecule has 3 rings (SSSR count). The van der Waals surface area contributed by atoms with Gasteiger partial charge < -0.3 is 14.7 Å². The number of hydrogen-bond donors (Lipinski definition) is 1. The second kappa shape index (κ2) is 7.86. The molecular formula is C19H20ClF3N2O2. The highest BCUT2D eigenvalue weighted by atomic mass is 35.5. The smallest absolute Gasteiger partial charge is 0.417 e. The molecule has 0 atom stereocenters. The SMILES string of the molecule is COc1cc(CN2CCN(c3ccc(Cl)c(C(F)(F)F)c3)CC2)ccc1O. The van der Waals surface area contributed by atoms with Crippen LogP contribution in [0.1, 0.15) is 11.1 Å². The molecule has 4 nitrogen and oxygen atoms in total. The van der Waals surface area contributed by atoms with Crippen LogP contribution in [0.3, 0.4) is 0 Å². The quantitative estimate of drug-likeness (QED) is 0.825. The Balaban J connectivity index is 1.64. The Morgan fingerprint density at radius 2 is 1.78 bits per heavy atom. The molecule has 1 saturated heterocycles. The lowest BCUT2D eigenvalue weighted by molar-refractivity contribution is -0.137. The molecule has 1 fully saturated rings. The molecule has 2 aromatic carbocycles. The number of phenolic OH excluding ortho intramolecular Hbond substituents is 1. The van der Waals surface area contributed by atoms with Crippen molar-refractivity contribution in [2.45, 2.75) is 12.7 Å². The van der Waals surface area contributed by atoms with Crippen molar-refractivity contribution < 1.29 is 23.0 Å². The third-order valence-corrected chi connectivity index (χ3v) is 4.97. The third kappa shape index (κ3) is 4.59. The summed E-state index contributed by atoms with van der Waals surface area (Å²) in [6.45, 7) is 3.35. The van der Waals surface area contributed by atoms with Crippen molar-refractivity contribution in [1.82, 2.24) is 4.90 Å². The standard InChI is InChI=1S/C19H20ClF3N2O2/c1-27-18-10-13(2-5-17(18)26)12-24-6-8-25(9-7-24)14-3-4-16(20)15(11-14)19(21,22)23/h2-5,10-11,26H,6-9,12H2,1H3. The normalized spacial score (nSPS) is 15.8. The van der Waals surface area contributed by atoms with Gasteiger partial charge in [-0.15, -0.1) is 0 Å². The van der Waals surface area contributed by atoms with Crippen molar-refractivity contribution in [3.63, 3.8) is 0 Å². The van der Waals surface area contributed by atoms with Crippen molar-refractivity contribution in [3.8, 4) is 11.5 Å². The van der Waals surface area contributed by atoms with Crippen LogP contribution in [-0.4, -0.2) is 43.3 Å². The van der Waals surface area contributed by atoms with E-state index in [0.717, 1.165) is 11.6 Å². The number of phenols is 1. The summed E-state index contributed by atoms with van der Waals surface area (Å²) in [4.78, 5) is 4.14. The van der Waals surface area contributed by atoms with Gasteiger partial charge in [0.05, 0.1) is 17.7 Å². The Morgan fingerprint density at radius 1 is 1.07 bits per heavy atom. The minimum atomic E-state index is -4.47. The lowest BCUT2D eigenvalue weighted by Gasteiger charge is -2.36. The van der Waals surface area contributed by atoms with Crippen LogP contribution in [0.25, 0.3) is 0 Å². The maximum atomic E-state index is 13.1. The van der Waals surface area contributed by atoms with Gasteiger partial charge in [0.2, 0.25) is 0 Å². The lowest BCUT2D eigenvalue weighted by atomic mass is 10.1. The first kappa shape index (κ1) is 19.6. The average molecular weight is 401 g/mol. The Bertz CT molecular complexity index is 806. The Kier molecular flexibility index (Phi) is 5.72. The molecule has 146 valence electrons. The van der Waals surface area contributed by atoms with Gasteiger partial charge >= 0.3 is 6.18 Å². The van der Waals surface area contributed by atoms with E-state index in [4.69, 9.17) is 16.3 Å². The zero-order valence-electron chi connectivity index (χ0n) is 14.8. The number of nitrogens with zero attached hydrogens (tertiary/aromatic N) is 2. The first-order valence-electron chi connectivity index (χ1n) is 8.48. The fourth-order valence-electron chi connectivity index (χ4n) is 3.17. The summed E-state index contributed by atoms with van der Waals surface area (Å²) in [6, 6.07) is 9.25. The van der Waals surface area contributed by atoms with Crippen LogP contribution >= 0.6 is 11.6 Å². The summed E-state index contributed by atoms with van der Waals surface area (Å²) in [5.41, 5.74) is 0.724. The highest BCUT2D eigenvalue weighted by Crippen LogP contribution is 2.37.